The van der Waals surface area contributed by atoms with Crippen molar-refractivity contribution in [2.45, 2.75) is 139 Å². The first kappa shape index (κ1) is 50.3. The fraction of sp³-hybridized carbons (Fsp3) is 0.690. The first-order chi connectivity index (χ1) is 29.8. The highest BCUT2D eigenvalue weighted by Crippen LogP contribution is 2.37. The number of nitrogens with one attached hydrogen (secondary N) is 3. The molecule has 3 aliphatic heterocycles. The van der Waals surface area contributed by atoms with E-state index in [1.54, 1.807) is 13.8 Å². The average Bonchev–Trinajstić information content (AvgIpc) is 3.87. The van der Waals surface area contributed by atoms with E-state index in [0.29, 0.717) is 17.7 Å². The average molecular weight is 936 g/mol. The van der Waals surface area contributed by atoms with E-state index in [-0.39, 0.29) is 68.5 Å². The van der Waals surface area contributed by atoms with Crippen molar-refractivity contribution < 1.29 is 65.0 Å². The third kappa shape index (κ3) is 11.4. The summed E-state index contributed by atoms with van der Waals surface area (Å²) in [6.07, 6.45) is -9.07. The molecular formula is C42H56ClF6N7O8. The van der Waals surface area contributed by atoms with Gasteiger partial charge in [-0.2, -0.15) is 13.2 Å². The van der Waals surface area contributed by atoms with Crippen LogP contribution in [-0.2, 0) is 40.0 Å². The minimum atomic E-state index is -5.45. The monoisotopic (exact) mass is 935 g/mol. The summed E-state index contributed by atoms with van der Waals surface area (Å²) in [6.45, 7) is 2.39. The number of nitrogens with zero attached hydrogens (tertiary/aromatic N) is 4. The molecule has 1 saturated carbocycles. The number of likely N-dealkylation sites (N-methyl/N-ethyl adjacent to an activating group) is 2. The molecule has 1 aliphatic carbocycles. The van der Waals surface area contributed by atoms with Crippen molar-refractivity contribution in [3.05, 3.63) is 34.6 Å². The number of aliphatic hydroxyl groups is 1. The minimum Gasteiger partial charge on any atom is -0.373 e. The lowest BCUT2D eigenvalue weighted by molar-refractivity contribution is -0.250. The van der Waals surface area contributed by atoms with E-state index in [4.69, 9.17) is 11.6 Å². The van der Waals surface area contributed by atoms with Crippen molar-refractivity contribution >= 4 is 53.0 Å². The van der Waals surface area contributed by atoms with E-state index in [2.05, 4.69) is 16.0 Å². The number of hydrogen-bond donors (Lipinski definition) is 4. The molecule has 7 amide bonds. The molecule has 15 nitrogen and oxygen atoms in total. The van der Waals surface area contributed by atoms with Crippen molar-refractivity contribution in [2.75, 3.05) is 33.7 Å². The molecular weight excluding hydrogens is 880 g/mol. The number of alkyl halides is 5. The Hall–Kier alpha value is -4.66. The summed E-state index contributed by atoms with van der Waals surface area (Å²) in [5.74, 6) is -8.38. The molecule has 4 N–H and O–H groups in total. The summed E-state index contributed by atoms with van der Waals surface area (Å²) in [7, 11) is 2.56. The third-order valence-electron chi connectivity index (χ3n) is 12.4. The van der Waals surface area contributed by atoms with Crippen molar-refractivity contribution in [1.82, 2.24) is 35.6 Å². The van der Waals surface area contributed by atoms with E-state index in [9.17, 15) is 60.6 Å². The lowest BCUT2D eigenvalue weighted by Gasteiger charge is -2.37. The first-order valence-corrected chi connectivity index (χ1v) is 21.8. The number of halogens is 7. The number of benzene rings is 1. The molecule has 4 aliphatic rings. The normalized spacial score (nSPS) is 28.0. The molecule has 4 fully saturated rings. The van der Waals surface area contributed by atoms with Gasteiger partial charge in [-0.15, -0.1) is 0 Å². The fourth-order valence-electron chi connectivity index (χ4n) is 8.51. The van der Waals surface area contributed by atoms with Crippen LogP contribution in [0.5, 0.6) is 0 Å². The second-order valence-electron chi connectivity index (χ2n) is 17.9. The maximum absolute atomic E-state index is 15.0. The van der Waals surface area contributed by atoms with Gasteiger partial charge in [0.25, 0.3) is 5.91 Å². The van der Waals surface area contributed by atoms with Crippen LogP contribution in [0, 0.1) is 17.7 Å². The van der Waals surface area contributed by atoms with E-state index in [1.165, 1.54) is 20.2 Å². The van der Waals surface area contributed by atoms with Crippen LogP contribution in [0.25, 0.3) is 0 Å². The van der Waals surface area contributed by atoms with Crippen LogP contribution in [0.3, 0.4) is 0 Å². The van der Waals surface area contributed by atoms with Gasteiger partial charge in [0.2, 0.25) is 41.0 Å². The molecule has 5 rings (SSSR count). The van der Waals surface area contributed by atoms with Crippen LogP contribution in [0.4, 0.5) is 26.3 Å². The van der Waals surface area contributed by atoms with Crippen LogP contribution >= 0.6 is 11.6 Å². The maximum Gasteiger partial charge on any atom is 0.426 e. The zero-order valence-corrected chi connectivity index (χ0v) is 37.0. The number of amides is 7. The molecule has 3 heterocycles. The Morgan fingerprint density at radius 2 is 1.64 bits per heavy atom. The van der Waals surface area contributed by atoms with Gasteiger partial charge in [-0.1, -0.05) is 25.4 Å². The standard InChI is InChI=1S/C42H56ClF6N7O8/c1-21(2)14-28-37(60)54(5)32(16-23-15-24(44)11-12-27(23)43)38(61)55-19-25(45)17-30(55)34(57)50-13-7-6-8-29(35(58)51-28)53(4)39(62)33(22-9-10-22)52-36(59)31-18-26(46)20-56(31)40(63)41(3,64)42(47,48)49/h11-12,15,21-22,25-26,28-33,64H,6-10,13-14,16-20H2,1-5H3,(H,50,57)(H,51,58)(H,52,59)/t25-,26-,28+,29+,30-,31+,32+,33+,41-/m1/s1. The van der Waals surface area contributed by atoms with Gasteiger partial charge in [-0.25, -0.2) is 13.2 Å². The predicted molar refractivity (Wildman–Crippen MR) is 218 cm³/mol. The van der Waals surface area contributed by atoms with Gasteiger partial charge in [0.05, 0.1) is 13.1 Å². The van der Waals surface area contributed by atoms with Gasteiger partial charge < -0.3 is 40.7 Å². The molecule has 1 aromatic rings. The van der Waals surface area contributed by atoms with Crippen LogP contribution in [0.1, 0.15) is 77.7 Å². The molecule has 0 aromatic heterocycles. The quantitative estimate of drug-likeness (QED) is 0.258. The third-order valence-corrected chi connectivity index (χ3v) is 12.8. The summed E-state index contributed by atoms with van der Waals surface area (Å²) in [4.78, 5) is 101. The Morgan fingerprint density at radius 1 is 0.984 bits per heavy atom. The Bertz CT molecular complexity index is 1960. The zero-order valence-electron chi connectivity index (χ0n) is 36.2. The second-order valence-corrected chi connectivity index (χ2v) is 18.3. The lowest BCUT2D eigenvalue weighted by Crippen LogP contribution is -2.61. The van der Waals surface area contributed by atoms with Crippen molar-refractivity contribution in [1.29, 1.82) is 0 Å². The summed E-state index contributed by atoms with van der Waals surface area (Å²) in [5.41, 5.74) is -3.80. The van der Waals surface area contributed by atoms with Crippen molar-refractivity contribution in [3.8, 4) is 0 Å². The SMILES string of the molecule is CC(C)C[C@@H]1NC(=O)[C@@H](N(C)C(=O)[C@@H](NC(=O)[C@@H]2C[C@@H](F)CN2C(=O)[C@@](C)(O)C(F)(F)F)C2CC2)CCCCNC(=O)[C@H]2C[C@@H](F)CN2C(=O)[C@H](Cc2cc(F)ccc2Cl)N(C)C1=O. The van der Waals surface area contributed by atoms with E-state index < -0.39 is 133 Å². The highest BCUT2D eigenvalue weighted by molar-refractivity contribution is 6.31. The minimum absolute atomic E-state index is 0.0190. The number of hydrogen-bond acceptors (Lipinski definition) is 8. The largest absolute Gasteiger partial charge is 0.426 e. The summed E-state index contributed by atoms with van der Waals surface area (Å²) >= 11 is 6.40. The second kappa shape index (κ2) is 20.2. The van der Waals surface area contributed by atoms with Gasteiger partial charge >= 0.3 is 6.18 Å². The summed E-state index contributed by atoms with van der Waals surface area (Å²) in [6, 6.07) is -5.10. The topological polar surface area (TPSA) is 189 Å². The number of carbonyl (C=O) groups excluding carboxylic acids is 7. The fourth-order valence-corrected chi connectivity index (χ4v) is 8.71. The smallest absolute Gasteiger partial charge is 0.373 e. The molecule has 356 valence electrons. The molecule has 3 saturated heterocycles. The highest BCUT2D eigenvalue weighted by Gasteiger charge is 2.60. The molecule has 64 heavy (non-hydrogen) atoms. The van der Waals surface area contributed by atoms with Crippen LogP contribution < -0.4 is 16.0 Å². The molecule has 1 aromatic carbocycles. The van der Waals surface area contributed by atoms with Crippen molar-refractivity contribution in [3.63, 3.8) is 0 Å². The lowest BCUT2D eigenvalue weighted by atomic mass is 9.98. The Labute approximate surface area is 371 Å². The van der Waals surface area contributed by atoms with Crippen LogP contribution in [0.2, 0.25) is 5.02 Å². The van der Waals surface area contributed by atoms with E-state index in [0.717, 1.165) is 26.8 Å². The van der Waals surface area contributed by atoms with Crippen LogP contribution in [-0.4, -0.2) is 160 Å². The number of rotatable bonds is 10. The predicted octanol–water partition coefficient (Wildman–Crippen LogP) is 2.59. The Kier molecular flexibility index (Phi) is 15.9. The summed E-state index contributed by atoms with van der Waals surface area (Å²) < 4.78 is 84.9. The van der Waals surface area contributed by atoms with Gasteiger partial charge in [-0.05, 0) is 81.0 Å². The van der Waals surface area contributed by atoms with Gasteiger partial charge in [0, 0.05) is 44.9 Å². The van der Waals surface area contributed by atoms with E-state index >= 15 is 4.39 Å². The number of fused-ring (bicyclic) bond motifs is 1. The number of likely N-dealkylation sites (tertiary alicyclic amines) is 1. The van der Waals surface area contributed by atoms with Gasteiger partial charge in [-0.3, -0.25) is 33.6 Å². The highest BCUT2D eigenvalue weighted by atomic mass is 35.5. The maximum atomic E-state index is 15.0. The Morgan fingerprint density at radius 3 is 2.27 bits per heavy atom. The first-order valence-electron chi connectivity index (χ1n) is 21.4. The molecule has 22 heteroatoms. The summed E-state index contributed by atoms with van der Waals surface area (Å²) in [5, 5.41) is 18.0. The Balaban J connectivity index is 1.44. The zero-order chi connectivity index (χ0) is 47.6. The molecule has 0 bridgehead atoms. The number of carbonyl (C=O) groups is 7. The molecule has 9 atom stereocenters. The van der Waals surface area contributed by atoms with Crippen molar-refractivity contribution in [2.24, 2.45) is 11.8 Å². The van der Waals surface area contributed by atoms with Gasteiger partial charge in [0.15, 0.2) is 0 Å². The van der Waals surface area contributed by atoms with Gasteiger partial charge in [0.1, 0.15) is 54.4 Å². The molecule has 0 spiro atoms. The van der Waals surface area contributed by atoms with E-state index in [1.807, 2.05) is 0 Å². The van der Waals surface area contributed by atoms with Crippen LogP contribution in [0.15, 0.2) is 18.2 Å². The molecule has 0 unspecified atom stereocenters. The molecule has 0 radical (unpaired) electrons.